The van der Waals surface area contributed by atoms with Crippen molar-refractivity contribution in [3.05, 3.63) is 59.0 Å². The average Bonchev–Trinajstić information content (AvgIpc) is 3.42. The summed E-state index contributed by atoms with van der Waals surface area (Å²) in [5.41, 5.74) is 2.10. The second-order valence-corrected chi connectivity index (χ2v) is 7.25. The first-order valence-corrected chi connectivity index (χ1v) is 9.59. The van der Waals surface area contributed by atoms with Gasteiger partial charge in [-0.15, -0.1) is 14.8 Å². The van der Waals surface area contributed by atoms with Crippen molar-refractivity contribution in [1.82, 2.24) is 29.8 Å². The van der Waals surface area contributed by atoms with E-state index in [0.717, 1.165) is 17.7 Å². The number of hydrogen-bond donors (Lipinski definition) is 0. The van der Waals surface area contributed by atoms with E-state index in [2.05, 4.69) is 25.1 Å². The SMILES string of the molecule is COc1ncc(-c2cc([C@H]3C[C@@H]3c3c(F)cc(C#N)cc3F)c3ncnn3n2)c(OC)n1. The monoisotopic (exact) mass is 435 g/mol. The van der Waals surface area contributed by atoms with Crippen LogP contribution in [-0.2, 0) is 0 Å². The number of benzene rings is 1. The van der Waals surface area contributed by atoms with Crippen LogP contribution in [0.25, 0.3) is 16.9 Å². The van der Waals surface area contributed by atoms with E-state index in [9.17, 15) is 8.78 Å². The molecule has 1 saturated carbocycles. The molecule has 1 fully saturated rings. The summed E-state index contributed by atoms with van der Waals surface area (Å²) in [4.78, 5) is 12.6. The van der Waals surface area contributed by atoms with Crippen molar-refractivity contribution in [2.24, 2.45) is 0 Å². The highest BCUT2D eigenvalue weighted by Crippen LogP contribution is 2.56. The molecule has 1 aliphatic carbocycles. The van der Waals surface area contributed by atoms with E-state index in [1.807, 2.05) is 0 Å². The van der Waals surface area contributed by atoms with E-state index >= 15 is 0 Å². The largest absolute Gasteiger partial charge is 0.480 e. The molecule has 32 heavy (non-hydrogen) atoms. The van der Waals surface area contributed by atoms with Gasteiger partial charge in [-0.1, -0.05) is 0 Å². The van der Waals surface area contributed by atoms with Crippen molar-refractivity contribution in [2.45, 2.75) is 18.3 Å². The molecule has 11 heteroatoms. The lowest BCUT2D eigenvalue weighted by Gasteiger charge is -2.10. The van der Waals surface area contributed by atoms with Gasteiger partial charge in [-0.25, -0.2) is 18.7 Å². The molecule has 5 rings (SSSR count). The molecule has 1 aromatic carbocycles. The van der Waals surface area contributed by atoms with Gasteiger partial charge in [0.2, 0.25) is 5.88 Å². The highest BCUT2D eigenvalue weighted by molar-refractivity contribution is 5.68. The number of nitriles is 1. The first-order valence-electron chi connectivity index (χ1n) is 9.59. The number of aromatic nitrogens is 6. The quantitative estimate of drug-likeness (QED) is 0.470. The normalized spacial score (nSPS) is 17.2. The zero-order valence-corrected chi connectivity index (χ0v) is 17.0. The average molecular weight is 435 g/mol. The Morgan fingerprint density at radius 3 is 2.56 bits per heavy atom. The second kappa shape index (κ2) is 7.49. The zero-order valence-electron chi connectivity index (χ0n) is 17.0. The lowest BCUT2D eigenvalue weighted by Crippen LogP contribution is -2.04. The van der Waals surface area contributed by atoms with E-state index in [1.54, 1.807) is 12.1 Å². The third-order valence-electron chi connectivity index (χ3n) is 5.44. The number of nitrogens with zero attached hydrogens (tertiary/aromatic N) is 7. The smallest absolute Gasteiger partial charge is 0.319 e. The Morgan fingerprint density at radius 2 is 1.88 bits per heavy atom. The molecule has 0 spiro atoms. The lowest BCUT2D eigenvalue weighted by atomic mass is 10.0. The minimum atomic E-state index is -0.731. The fourth-order valence-corrected chi connectivity index (χ4v) is 3.89. The zero-order chi connectivity index (χ0) is 22.4. The van der Waals surface area contributed by atoms with Crippen molar-refractivity contribution in [2.75, 3.05) is 14.2 Å². The Bertz CT molecular complexity index is 1380. The molecule has 1 aliphatic rings. The van der Waals surface area contributed by atoms with E-state index < -0.39 is 17.6 Å². The minimum absolute atomic E-state index is 0.0320. The second-order valence-electron chi connectivity index (χ2n) is 7.25. The number of hydrogen-bond acceptors (Lipinski definition) is 8. The number of ether oxygens (including phenoxy) is 2. The minimum Gasteiger partial charge on any atom is -0.480 e. The fourth-order valence-electron chi connectivity index (χ4n) is 3.89. The van der Waals surface area contributed by atoms with Crippen LogP contribution >= 0.6 is 0 Å². The summed E-state index contributed by atoms with van der Waals surface area (Å²) in [5, 5.41) is 17.5. The summed E-state index contributed by atoms with van der Waals surface area (Å²) in [6.07, 6.45) is 3.39. The molecular formula is C21H15F2N7O2. The number of halogens is 2. The Kier molecular flexibility index (Phi) is 4.62. The maximum absolute atomic E-state index is 14.6. The van der Waals surface area contributed by atoms with E-state index in [-0.39, 0.29) is 28.9 Å². The summed E-state index contributed by atoms with van der Waals surface area (Å²) in [6, 6.07) is 5.79. The van der Waals surface area contributed by atoms with Crippen molar-refractivity contribution >= 4 is 5.65 Å². The lowest BCUT2D eigenvalue weighted by molar-refractivity contribution is 0.353. The van der Waals surface area contributed by atoms with Crippen LogP contribution in [0.1, 0.15) is 34.9 Å². The molecular weight excluding hydrogens is 420 g/mol. The van der Waals surface area contributed by atoms with Crippen LogP contribution in [0.2, 0.25) is 0 Å². The molecule has 3 aromatic heterocycles. The predicted octanol–water partition coefficient (Wildman–Crippen LogP) is 3.02. The van der Waals surface area contributed by atoms with Crippen molar-refractivity contribution < 1.29 is 18.3 Å². The third kappa shape index (κ3) is 3.17. The molecule has 2 atom stereocenters. The number of rotatable bonds is 5. The van der Waals surface area contributed by atoms with Crippen molar-refractivity contribution in [3.8, 4) is 29.2 Å². The van der Waals surface area contributed by atoms with Crippen LogP contribution in [0.5, 0.6) is 11.9 Å². The molecule has 9 nitrogen and oxygen atoms in total. The summed E-state index contributed by atoms with van der Waals surface area (Å²) in [7, 11) is 2.91. The molecule has 0 N–H and O–H groups in total. The molecule has 0 bridgehead atoms. The molecule has 0 aliphatic heterocycles. The molecule has 0 saturated heterocycles. The summed E-state index contributed by atoms with van der Waals surface area (Å²) in [5.74, 6) is -1.80. The fraction of sp³-hybridized carbons (Fsp3) is 0.238. The van der Waals surface area contributed by atoms with Crippen LogP contribution in [0.3, 0.4) is 0 Å². The maximum Gasteiger partial charge on any atom is 0.319 e. The number of methoxy groups -OCH3 is 2. The van der Waals surface area contributed by atoms with Gasteiger partial charge in [0.1, 0.15) is 23.7 Å². The standard InChI is InChI=1S/C21H15F2N7O2/c1-31-20-14(8-25-21(28-20)32-2)17-6-13(19-26-9-27-30(19)29-17)11-5-12(11)18-15(22)3-10(7-24)4-16(18)23/h3-4,6,8-9,11-12H,5H2,1-2H3/t11-,12-/m0/s1. The van der Waals surface area contributed by atoms with Crippen LogP contribution in [0.4, 0.5) is 8.78 Å². The first-order chi connectivity index (χ1) is 15.5. The van der Waals surface area contributed by atoms with Crippen LogP contribution in [-0.4, -0.2) is 44.0 Å². The van der Waals surface area contributed by atoms with Gasteiger partial charge in [-0.2, -0.15) is 10.2 Å². The van der Waals surface area contributed by atoms with Gasteiger partial charge in [0.25, 0.3) is 0 Å². The Labute approximate surface area is 180 Å². The van der Waals surface area contributed by atoms with Crippen LogP contribution in [0, 0.1) is 23.0 Å². The molecule has 4 aromatic rings. The summed E-state index contributed by atoms with van der Waals surface area (Å²) >= 11 is 0. The summed E-state index contributed by atoms with van der Waals surface area (Å²) in [6.45, 7) is 0. The van der Waals surface area contributed by atoms with Gasteiger partial charge in [0.15, 0.2) is 5.65 Å². The van der Waals surface area contributed by atoms with Crippen LogP contribution < -0.4 is 9.47 Å². The first kappa shape index (κ1) is 19.7. The molecule has 0 unspecified atom stereocenters. The van der Waals surface area contributed by atoms with Gasteiger partial charge in [0, 0.05) is 17.3 Å². The van der Waals surface area contributed by atoms with Crippen molar-refractivity contribution in [3.63, 3.8) is 0 Å². The third-order valence-corrected chi connectivity index (χ3v) is 5.44. The van der Waals surface area contributed by atoms with E-state index in [4.69, 9.17) is 14.7 Å². The highest BCUT2D eigenvalue weighted by atomic mass is 19.1. The van der Waals surface area contributed by atoms with Gasteiger partial charge >= 0.3 is 6.01 Å². The van der Waals surface area contributed by atoms with Crippen molar-refractivity contribution in [1.29, 1.82) is 5.26 Å². The van der Waals surface area contributed by atoms with Gasteiger partial charge in [-0.05, 0) is 36.5 Å². The van der Waals surface area contributed by atoms with Crippen LogP contribution in [0.15, 0.2) is 30.7 Å². The topological polar surface area (TPSA) is 111 Å². The Hall–Kier alpha value is -4.20. The summed E-state index contributed by atoms with van der Waals surface area (Å²) < 4.78 is 40.9. The molecule has 0 radical (unpaired) electrons. The van der Waals surface area contributed by atoms with Gasteiger partial charge < -0.3 is 9.47 Å². The van der Waals surface area contributed by atoms with E-state index in [0.29, 0.717) is 23.3 Å². The number of fused-ring (bicyclic) bond motifs is 1. The Morgan fingerprint density at radius 1 is 1.09 bits per heavy atom. The highest BCUT2D eigenvalue weighted by Gasteiger charge is 2.44. The predicted molar refractivity (Wildman–Crippen MR) is 106 cm³/mol. The molecule has 0 amide bonds. The molecule has 3 heterocycles. The van der Waals surface area contributed by atoms with E-state index in [1.165, 1.54) is 31.4 Å². The Balaban J connectivity index is 1.59. The maximum atomic E-state index is 14.6. The van der Waals surface area contributed by atoms with Gasteiger partial charge in [-0.3, -0.25) is 0 Å². The van der Waals surface area contributed by atoms with Gasteiger partial charge in [0.05, 0.1) is 31.4 Å². The molecule has 160 valence electrons.